The average molecular weight is 287 g/mol. The first kappa shape index (κ1) is 15.2. The molecule has 6 heteroatoms. The normalized spacial score (nSPS) is 12.2. The molecule has 112 valence electrons. The molecule has 1 atom stereocenters. The lowest BCUT2D eigenvalue weighted by Crippen LogP contribution is -2.34. The van der Waals surface area contributed by atoms with E-state index in [1.807, 2.05) is 45.0 Å². The van der Waals surface area contributed by atoms with Crippen molar-refractivity contribution in [2.45, 2.75) is 33.4 Å². The summed E-state index contributed by atoms with van der Waals surface area (Å²) in [5, 5.41) is 7.91. The Kier molecular flexibility index (Phi) is 4.70. The average Bonchev–Trinajstić information content (AvgIpc) is 2.90. The van der Waals surface area contributed by atoms with Gasteiger partial charge in [0.25, 0.3) is 0 Å². The van der Waals surface area contributed by atoms with Crippen molar-refractivity contribution in [3.8, 4) is 0 Å². The number of hydrogen-bond acceptors (Lipinski definition) is 4. The molecule has 1 unspecified atom stereocenters. The molecule has 0 aliphatic heterocycles. The van der Waals surface area contributed by atoms with Gasteiger partial charge in [0.15, 0.2) is 0 Å². The number of amides is 1. The van der Waals surface area contributed by atoms with Gasteiger partial charge in [-0.2, -0.15) is 0 Å². The van der Waals surface area contributed by atoms with Crippen molar-refractivity contribution in [3.63, 3.8) is 0 Å². The maximum Gasteiger partial charge on any atom is 0.248 e. The summed E-state index contributed by atoms with van der Waals surface area (Å²) in [6.07, 6.45) is 1.72. The third kappa shape index (κ3) is 3.46. The number of hydrogen-bond donors (Lipinski definition) is 1. The van der Waals surface area contributed by atoms with Gasteiger partial charge in [0, 0.05) is 18.3 Å². The van der Waals surface area contributed by atoms with Crippen LogP contribution in [0.2, 0.25) is 0 Å². The summed E-state index contributed by atoms with van der Waals surface area (Å²) < 4.78 is 1.53. The second-order valence-electron chi connectivity index (χ2n) is 5.05. The highest BCUT2D eigenvalue weighted by Gasteiger charge is 2.17. The third-order valence-corrected chi connectivity index (χ3v) is 3.34. The molecular weight excluding hydrogens is 266 g/mol. The minimum absolute atomic E-state index is 0.0204. The van der Waals surface area contributed by atoms with Gasteiger partial charge in [0.2, 0.25) is 5.91 Å². The molecule has 1 heterocycles. The largest absolute Gasteiger partial charge is 0.323 e. The lowest BCUT2D eigenvalue weighted by Gasteiger charge is -2.22. The van der Waals surface area contributed by atoms with Gasteiger partial charge in [-0.25, -0.2) is 4.68 Å². The van der Waals surface area contributed by atoms with Crippen molar-refractivity contribution in [2.24, 2.45) is 5.73 Å². The zero-order valence-corrected chi connectivity index (χ0v) is 12.7. The first-order valence-corrected chi connectivity index (χ1v) is 7.04. The van der Waals surface area contributed by atoms with Gasteiger partial charge in [0.05, 0.1) is 11.9 Å². The van der Waals surface area contributed by atoms with Crippen LogP contribution >= 0.6 is 0 Å². The molecule has 1 amide bonds. The van der Waals surface area contributed by atoms with Crippen LogP contribution in [0, 0.1) is 6.92 Å². The van der Waals surface area contributed by atoms with Gasteiger partial charge < -0.3 is 10.6 Å². The number of carbonyl (C=O) groups excluding carboxylic acids is 1. The summed E-state index contributed by atoms with van der Waals surface area (Å²) in [7, 11) is 0. The molecule has 21 heavy (non-hydrogen) atoms. The molecular formula is C15H21N5O. The van der Waals surface area contributed by atoms with E-state index in [2.05, 4.69) is 10.3 Å². The van der Waals surface area contributed by atoms with Gasteiger partial charge in [0.1, 0.15) is 6.54 Å². The molecule has 1 aromatic carbocycles. The Balaban J connectivity index is 2.15. The zero-order valence-electron chi connectivity index (χ0n) is 12.7. The molecule has 0 saturated carbocycles. The summed E-state index contributed by atoms with van der Waals surface area (Å²) >= 11 is 0. The lowest BCUT2D eigenvalue weighted by molar-refractivity contribution is -0.119. The first-order valence-electron chi connectivity index (χ1n) is 7.04. The van der Waals surface area contributed by atoms with Crippen LogP contribution in [0.15, 0.2) is 30.5 Å². The number of nitrogens with two attached hydrogens (primary N) is 1. The van der Waals surface area contributed by atoms with Gasteiger partial charge in [-0.15, -0.1) is 5.10 Å². The Hall–Kier alpha value is -2.21. The molecule has 0 saturated heterocycles. The number of carbonyl (C=O) groups is 1. The summed E-state index contributed by atoms with van der Waals surface area (Å²) in [6.45, 7) is 6.55. The van der Waals surface area contributed by atoms with Crippen molar-refractivity contribution in [3.05, 3.63) is 41.7 Å². The Bertz CT molecular complexity index is 620. The Morgan fingerprint density at radius 2 is 2.14 bits per heavy atom. The standard InChI is InChI=1S/C15H21N5O/c1-4-20(14-8-6-5-7-11(14)2)15(21)10-19-9-13(12(3)16)17-18-19/h5-9,12H,4,10,16H2,1-3H3. The molecule has 0 bridgehead atoms. The summed E-state index contributed by atoms with van der Waals surface area (Å²) in [5.74, 6) is -0.0204. The van der Waals surface area contributed by atoms with E-state index < -0.39 is 0 Å². The quantitative estimate of drug-likeness (QED) is 0.907. The number of likely N-dealkylation sites (N-methyl/N-ethyl adjacent to an activating group) is 1. The number of aromatic nitrogens is 3. The number of rotatable bonds is 5. The van der Waals surface area contributed by atoms with Crippen LogP contribution in [-0.2, 0) is 11.3 Å². The van der Waals surface area contributed by atoms with E-state index in [9.17, 15) is 4.79 Å². The highest BCUT2D eigenvalue weighted by Crippen LogP contribution is 2.19. The number of para-hydroxylation sites is 1. The molecule has 6 nitrogen and oxygen atoms in total. The van der Waals surface area contributed by atoms with Crippen LogP contribution in [-0.4, -0.2) is 27.4 Å². The topological polar surface area (TPSA) is 77.0 Å². The predicted octanol–water partition coefficient (Wildman–Crippen LogP) is 1.66. The summed E-state index contributed by atoms with van der Waals surface area (Å²) in [6, 6.07) is 7.65. The molecule has 2 aromatic rings. The van der Waals surface area contributed by atoms with E-state index in [-0.39, 0.29) is 18.5 Å². The fraction of sp³-hybridized carbons (Fsp3) is 0.400. The zero-order chi connectivity index (χ0) is 15.4. The molecule has 0 aliphatic carbocycles. The van der Waals surface area contributed by atoms with E-state index in [4.69, 9.17) is 5.73 Å². The number of nitrogens with zero attached hydrogens (tertiary/aromatic N) is 4. The van der Waals surface area contributed by atoms with Crippen molar-refractivity contribution in [1.82, 2.24) is 15.0 Å². The minimum Gasteiger partial charge on any atom is -0.323 e. The van der Waals surface area contributed by atoms with Gasteiger partial charge in [-0.05, 0) is 32.4 Å². The van der Waals surface area contributed by atoms with E-state index in [0.29, 0.717) is 12.2 Å². The molecule has 0 aliphatic rings. The molecule has 1 aromatic heterocycles. The molecule has 0 radical (unpaired) electrons. The Morgan fingerprint density at radius 3 is 2.71 bits per heavy atom. The highest BCUT2D eigenvalue weighted by atomic mass is 16.2. The van der Waals surface area contributed by atoms with Gasteiger partial charge in [-0.3, -0.25) is 4.79 Å². The maximum atomic E-state index is 12.5. The minimum atomic E-state index is -0.188. The second-order valence-corrected chi connectivity index (χ2v) is 5.05. The van der Waals surface area contributed by atoms with Crippen LogP contribution in [0.25, 0.3) is 0 Å². The maximum absolute atomic E-state index is 12.5. The van der Waals surface area contributed by atoms with E-state index in [1.54, 1.807) is 11.1 Å². The first-order chi connectivity index (χ1) is 10.0. The molecule has 2 rings (SSSR count). The van der Waals surface area contributed by atoms with Crippen LogP contribution in [0.5, 0.6) is 0 Å². The van der Waals surface area contributed by atoms with Gasteiger partial charge in [-0.1, -0.05) is 23.4 Å². The molecule has 0 fully saturated rings. The van der Waals surface area contributed by atoms with Crippen LogP contribution in [0.4, 0.5) is 5.69 Å². The van der Waals surface area contributed by atoms with E-state index in [0.717, 1.165) is 11.3 Å². The van der Waals surface area contributed by atoms with Crippen LogP contribution in [0.3, 0.4) is 0 Å². The predicted molar refractivity (Wildman–Crippen MR) is 81.8 cm³/mol. The lowest BCUT2D eigenvalue weighted by atomic mass is 10.2. The highest BCUT2D eigenvalue weighted by molar-refractivity contribution is 5.93. The van der Waals surface area contributed by atoms with Crippen molar-refractivity contribution in [1.29, 1.82) is 0 Å². The molecule has 0 spiro atoms. The van der Waals surface area contributed by atoms with Crippen molar-refractivity contribution in [2.75, 3.05) is 11.4 Å². The smallest absolute Gasteiger partial charge is 0.248 e. The van der Waals surface area contributed by atoms with Crippen LogP contribution < -0.4 is 10.6 Å². The second kappa shape index (κ2) is 6.49. The number of benzene rings is 1. The number of aryl methyl sites for hydroxylation is 1. The van der Waals surface area contributed by atoms with Crippen molar-refractivity contribution >= 4 is 11.6 Å². The van der Waals surface area contributed by atoms with Gasteiger partial charge >= 0.3 is 0 Å². The van der Waals surface area contributed by atoms with Crippen LogP contribution in [0.1, 0.15) is 31.1 Å². The number of anilines is 1. The SMILES string of the molecule is CCN(C(=O)Cn1cc(C(C)N)nn1)c1ccccc1C. The van der Waals surface area contributed by atoms with E-state index >= 15 is 0 Å². The summed E-state index contributed by atoms with van der Waals surface area (Å²) in [4.78, 5) is 14.2. The fourth-order valence-electron chi connectivity index (χ4n) is 2.17. The van der Waals surface area contributed by atoms with E-state index in [1.165, 1.54) is 4.68 Å². The Morgan fingerprint density at radius 1 is 1.43 bits per heavy atom. The summed E-state index contributed by atoms with van der Waals surface area (Å²) in [5.41, 5.74) is 8.43. The Labute approximate surface area is 124 Å². The van der Waals surface area contributed by atoms with Crippen molar-refractivity contribution < 1.29 is 4.79 Å². The monoisotopic (exact) mass is 287 g/mol. The molecule has 2 N–H and O–H groups in total. The third-order valence-electron chi connectivity index (χ3n) is 3.34. The fourth-order valence-corrected chi connectivity index (χ4v) is 2.17.